The van der Waals surface area contributed by atoms with E-state index in [9.17, 15) is 9.90 Å². The number of carboxylic acids is 1. The number of pyridine rings is 1. The lowest BCUT2D eigenvalue weighted by Gasteiger charge is -2.15. The Kier molecular flexibility index (Phi) is 7.57. The topological polar surface area (TPSA) is 112 Å². The highest BCUT2D eigenvalue weighted by atomic mass is 32.2. The second-order valence-corrected chi connectivity index (χ2v) is 8.50. The Balaban J connectivity index is 1.92. The Bertz CT molecular complexity index is 1080. The van der Waals surface area contributed by atoms with Gasteiger partial charge in [0.25, 0.3) is 0 Å². The van der Waals surface area contributed by atoms with Crippen LogP contribution in [0.15, 0.2) is 64.8 Å². The second kappa shape index (κ2) is 10.5. The van der Waals surface area contributed by atoms with Gasteiger partial charge >= 0.3 is 5.97 Å². The molecule has 2 heterocycles. The molecule has 3 rings (SSSR count). The van der Waals surface area contributed by atoms with Crippen LogP contribution in [0.4, 0.5) is 11.5 Å². The van der Waals surface area contributed by atoms with Gasteiger partial charge in [-0.3, -0.25) is 4.79 Å². The molecule has 1 atom stereocenters. The van der Waals surface area contributed by atoms with Crippen LogP contribution in [0, 0.1) is 23.2 Å². The average molecular weight is 434 g/mol. The molecule has 0 aliphatic carbocycles. The van der Waals surface area contributed by atoms with Crippen LogP contribution in [-0.4, -0.2) is 26.0 Å². The minimum Gasteiger partial charge on any atom is -0.481 e. The van der Waals surface area contributed by atoms with Crippen molar-refractivity contribution in [3.63, 3.8) is 0 Å². The zero-order chi connectivity index (χ0) is 22.2. The smallest absolute Gasteiger partial charge is 0.306 e. The lowest BCUT2D eigenvalue weighted by atomic mass is 9.94. The van der Waals surface area contributed by atoms with Gasteiger partial charge in [-0.2, -0.15) is 5.26 Å². The number of hydrogen-bond acceptors (Lipinski definition) is 7. The Hall–Kier alpha value is -3.44. The van der Waals surface area contributed by atoms with Crippen LogP contribution in [0.25, 0.3) is 0 Å². The van der Waals surface area contributed by atoms with E-state index < -0.39 is 11.9 Å². The van der Waals surface area contributed by atoms with Crippen LogP contribution in [0.3, 0.4) is 0 Å². The molecule has 0 amide bonds. The molecule has 1 unspecified atom stereocenters. The maximum atomic E-state index is 11.7. The summed E-state index contributed by atoms with van der Waals surface area (Å²) in [5.41, 5.74) is 1.25. The SMILES string of the molecule is CC(C)CC(Cc1nc(Nc2cccc(C#N)c2)cc(Sc2ccccn2)n1)C(=O)O. The van der Waals surface area contributed by atoms with E-state index in [4.69, 9.17) is 5.26 Å². The van der Waals surface area contributed by atoms with Crippen LogP contribution >= 0.6 is 11.8 Å². The first-order valence-corrected chi connectivity index (χ1v) is 10.7. The molecule has 3 aromatic rings. The van der Waals surface area contributed by atoms with Crippen molar-refractivity contribution < 1.29 is 9.90 Å². The van der Waals surface area contributed by atoms with Gasteiger partial charge in [-0.15, -0.1) is 0 Å². The molecule has 0 aliphatic rings. The van der Waals surface area contributed by atoms with E-state index in [-0.39, 0.29) is 12.3 Å². The third-order valence-corrected chi connectivity index (χ3v) is 5.26. The molecule has 158 valence electrons. The molecule has 0 saturated heterocycles. The molecule has 8 heteroatoms. The number of nitrogens with zero attached hydrogens (tertiary/aromatic N) is 4. The molecule has 31 heavy (non-hydrogen) atoms. The number of aliphatic carboxylic acids is 1. The van der Waals surface area contributed by atoms with Crippen molar-refractivity contribution in [2.24, 2.45) is 11.8 Å². The lowest BCUT2D eigenvalue weighted by molar-refractivity contribution is -0.142. The van der Waals surface area contributed by atoms with E-state index in [2.05, 4.69) is 26.3 Å². The van der Waals surface area contributed by atoms with E-state index >= 15 is 0 Å². The Morgan fingerprint density at radius 1 is 1.16 bits per heavy atom. The molecular formula is C23H23N5O2S. The van der Waals surface area contributed by atoms with Crippen LogP contribution in [0.5, 0.6) is 0 Å². The van der Waals surface area contributed by atoms with E-state index in [1.165, 1.54) is 11.8 Å². The number of nitrogens with one attached hydrogen (secondary N) is 1. The van der Waals surface area contributed by atoms with Crippen LogP contribution < -0.4 is 5.32 Å². The molecule has 2 aromatic heterocycles. The van der Waals surface area contributed by atoms with E-state index in [0.717, 1.165) is 10.7 Å². The number of rotatable bonds is 9. The number of aromatic nitrogens is 3. The fourth-order valence-electron chi connectivity index (χ4n) is 3.07. The predicted octanol–water partition coefficient (Wildman–Crippen LogP) is 4.93. The first-order valence-electron chi connectivity index (χ1n) is 9.89. The number of benzene rings is 1. The van der Waals surface area contributed by atoms with Crippen molar-refractivity contribution in [3.8, 4) is 6.07 Å². The number of hydrogen-bond donors (Lipinski definition) is 2. The van der Waals surface area contributed by atoms with Gasteiger partial charge in [-0.05, 0) is 54.4 Å². The van der Waals surface area contributed by atoms with Crippen molar-refractivity contribution in [3.05, 3.63) is 66.1 Å². The molecule has 2 N–H and O–H groups in total. The quantitative estimate of drug-likeness (QED) is 0.457. The summed E-state index contributed by atoms with van der Waals surface area (Å²) in [6.07, 6.45) is 2.49. The van der Waals surface area contributed by atoms with Crippen LogP contribution in [-0.2, 0) is 11.2 Å². The molecule has 0 bridgehead atoms. The largest absolute Gasteiger partial charge is 0.481 e. The normalized spacial score (nSPS) is 11.7. The minimum atomic E-state index is -0.851. The van der Waals surface area contributed by atoms with E-state index in [1.807, 2.05) is 38.1 Å². The van der Waals surface area contributed by atoms with Crippen molar-refractivity contribution in [1.82, 2.24) is 15.0 Å². The third kappa shape index (κ3) is 6.79. The van der Waals surface area contributed by atoms with Gasteiger partial charge in [0.2, 0.25) is 0 Å². The average Bonchev–Trinajstić information content (AvgIpc) is 2.73. The molecule has 7 nitrogen and oxygen atoms in total. The molecule has 0 aliphatic heterocycles. The van der Waals surface area contributed by atoms with Crippen molar-refractivity contribution >= 4 is 29.2 Å². The summed E-state index contributed by atoms with van der Waals surface area (Å²) in [5, 5.41) is 23.4. The summed E-state index contributed by atoms with van der Waals surface area (Å²) in [5.74, 6) is -0.181. The summed E-state index contributed by atoms with van der Waals surface area (Å²) >= 11 is 1.38. The molecular weight excluding hydrogens is 410 g/mol. The van der Waals surface area contributed by atoms with Crippen molar-refractivity contribution in [2.75, 3.05) is 5.32 Å². The zero-order valence-electron chi connectivity index (χ0n) is 17.3. The fraction of sp³-hybridized carbons (Fsp3) is 0.261. The monoisotopic (exact) mass is 433 g/mol. The fourth-order valence-corrected chi connectivity index (χ4v) is 3.87. The molecule has 0 radical (unpaired) electrons. The highest BCUT2D eigenvalue weighted by Crippen LogP contribution is 2.28. The Morgan fingerprint density at radius 3 is 2.68 bits per heavy atom. The Morgan fingerprint density at radius 2 is 2.00 bits per heavy atom. The number of nitriles is 1. The van der Waals surface area contributed by atoms with Gasteiger partial charge in [-0.25, -0.2) is 15.0 Å². The maximum absolute atomic E-state index is 11.7. The van der Waals surface area contributed by atoms with Gasteiger partial charge in [0.1, 0.15) is 21.7 Å². The molecule has 1 aromatic carbocycles. The van der Waals surface area contributed by atoms with Gasteiger partial charge in [0, 0.05) is 24.4 Å². The second-order valence-electron chi connectivity index (χ2n) is 7.46. The summed E-state index contributed by atoms with van der Waals surface area (Å²) in [6.45, 7) is 4.00. The van der Waals surface area contributed by atoms with Crippen molar-refractivity contribution in [1.29, 1.82) is 5.26 Å². The summed E-state index contributed by atoms with van der Waals surface area (Å²) in [7, 11) is 0. The molecule has 0 fully saturated rings. The van der Waals surface area contributed by atoms with Gasteiger partial charge in [0.05, 0.1) is 17.6 Å². The number of anilines is 2. The summed E-state index contributed by atoms with van der Waals surface area (Å²) < 4.78 is 0. The van der Waals surface area contributed by atoms with Gasteiger partial charge in [-0.1, -0.05) is 26.0 Å². The van der Waals surface area contributed by atoms with Gasteiger partial charge < -0.3 is 10.4 Å². The predicted molar refractivity (Wildman–Crippen MR) is 119 cm³/mol. The first-order chi connectivity index (χ1) is 14.9. The first kappa shape index (κ1) is 22.2. The minimum absolute atomic E-state index is 0.233. The van der Waals surface area contributed by atoms with Crippen LogP contribution in [0.1, 0.15) is 31.7 Å². The molecule has 0 spiro atoms. The third-order valence-electron chi connectivity index (χ3n) is 4.39. The zero-order valence-corrected chi connectivity index (χ0v) is 18.1. The Labute approximate surface area is 185 Å². The highest BCUT2D eigenvalue weighted by Gasteiger charge is 2.21. The van der Waals surface area contributed by atoms with Crippen LogP contribution in [0.2, 0.25) is 0 Å². The lowest BCUT2D eigenvalue weighted by Crippen LogP contribution is -2.20. The van der Waals surface area contributed by atoms with E-state index in [1.54, 1.807) is 30.5 Å². The van der Waals surface area contributed by atoms with Crippen molar-refractivity contribution in [2.45, 2.75) is 36.7 Å². The maximum Gasteiger partial charge on any atom is 0.306 e. The molecule has 0 saturated carbocycles. The summed E-state index contributed by atoms with van der Waals surface area (Å²) in [4.78, 5) is 25.2. The summed E-state index contributed by atoms with van der Waals surface area (Å²) in [6, 6.07) is 16.6. The number of carbonyl (C=O) groups is 1. The van der Waals surface area contributed by atoms with Gasteiger partial charge in [0.15, 0.2) is 0 Å². The highest BCUT2D eigenvalue weighted by molar-refractivity contribution is 7.99. The standard InChI is InChI=1S/C23H23N5O2S/c1-15(2)10-17(23(29)30)12-19-27-20(26-18-7-5-6-16(11-18)14-24)13-22(28-19)31-21-8-3-4-9-25-21/h3-9,11,13,15,17H,10,12H2,1-2H3,(H,29,30)(H,26,27,28). The van der Waals surface area contributed by atoms with E-state index in [0.29, 0.717) is 28.7 Å². The number of carboxylic acid groups (broad SMARTS) is 1.